The van der Waals surface area contributed by atoms with Crippen molar-refractivity contribution in [2.45, 2.75) is 17.1 Å². The number of hydrogen-bond acceptors (Lipinski definition) is 4. The number of hydrogen-bond donors (Lipinski definition) is 1. The van der Waals surface area contributed by atoms with Crippen molar-refractivity contribution in [3.63, 3.8) is 0 Å². The summed E-state index contributed by atoms with van der Waals surface area (Å²) in [5.41, 5.74) is 5.69. The molecule has 1 aromatic rings. The van der Waals surface area contributed by atoms with Crippen LogP contribution in [-0.4, -0.2) is 13.7 Å². The summed E-state index contributed by atoms with van der Waals surface area (Å²) >= 11 is 0. The topological polar surface area (TPSA) is 84.0 Å². The summed E-state index contributed by atoms with van der Waals surface area (Å²) in [5.74, 6) is 0. The highest BCUT2D eigenvalue weighted by Gasteiger charge is 2.24. The standard InChI is InChI=1S/C9H10N2O2S/c1-7(6-10)14(12,13)9-5-3-2-4-8(9)11/h2-5,7H,11H2,1H3. The number of rotatable bonds is 2. The van der Waals surface area contributed by atoms with E-state index in [-0.39, 0.29) is 10.6 Å². The fourth-order valence-electron chi connectivity index (χ4n) is 0.999. The molecule has 0 heterocycles. The highest BCUT2D eigenvalue weighted by atomic mass is 32.2. The third-order valence-electron chi connectivity index (χ3n) is 1.87. The van der Waals surface area contributed by atoms with E-state index in [1.165, 1.54) is 19.1 Å². The van der Waals surface area contributed by atoms with Gasteiger partial charge in [-0.15, -0.1) is 0 Å². The van der Waals surface area contributed by atoms with Crippen molar-refractivity contribution in [2.24, 2.45) is 0 Å². The Balaban J connectivity index is 3.33. The maximum Gasteiger partial charge on any atom is 0.196 e. The van der Waals surface area contributed by atoms with Gasteiger partial charge in [0.2, 0.25) is 0 Å². The van der Waals surface area contributed by atoms with E-state index in [0.29, 0.717) is 0 Å². The lowest BCUT2D eigenvalue weighted by molar-refractivity contribution is 0.592. The SMILES string of the molecule is CC(C#N)S(=O)(=O)c1ccccc1N. The van der Waals surface area contributed by atoms with Gasteiger partial charge in [0.15, 0.2) is 9.84 Å². The summed E-state index contributed by atoms with van der Waals surface area (Å²) in [6.07, 6.45) is 0. The fourth-order valence-corrected chi connectivity index (χ4v) is 2.18. The van der Waals surface area contributed by atoms with Gasteiger partial charge in [0.25, 0.3) is 0 Å². The number of para-hydroxylation sites is 1. The van der Waals surface area contributed by atoms with E-state index >= 15 is 0 Å². The van der Waals surface area contributed by atoms with Gasteiger partial charge in [-0.05, 0) is 19.1 Å². The van der Waals surface area contributed by atoms with E-state index in [0.717, 1.165) is 0 Å². The second-order valence-corrected chi connectivity index (χ2v) is 5.09. The van der Waals surface area contributed by atoms with Crippen molar-refractivity contribution >= 4 is 15.5 Å². The highest BCUT2D eigenvalue weighted by Crippen LogP contribution is 2.21. The van der Waals surface area contributed by atoms with Gasteiger partial charge in [-0.3, -0.25) is 0 Å². The minimum absolute atomic E-state index is 0.0223. The summed E-state index contributed by atoms with van der Waals surface area (Å²) < 4.78 is 23.4. The van der Waals surface area contributed by atoms with Crippen LogP contribution in [0.2, 0.25) is 0 Å². The second kappa shape index (κ2) is 3.68. The Morgan fingerprint density at radius 3 is 2.50 bits per heavy atom. The van der Waals surface area contributed by atoms with Crippen LogP contribution in [0.4, 0.5) is 5.69 Å². The van der Waals surface area contributed by atoms with Crippen LogP contribution < -0.4 is 5.73 Å². The Bertz CT molecular complexity index is 474. The molecule has 0 fully saturated rings. The van der Waals surface area contributed by atoms with E-state index in [4.69, 9.17) is 11.0 Å². The smallest absolute Gasteiger partial charge is 0.196 e. The summed E-state index contributed by atoms with van der Waals surface area (Å²) in [6, 6.07) is 7.81. The number of anilines is 1. The van der Waals surface area contributed by atoms with Gasteiger partial charge in [-0.2, -0.15) is 5.26 Å². The van der Waals surface area contributed by atoms with Crippen molar-refractivity contribution in [1.82, 2.24) is 0 Å². The van der Waals surface area contributed by atoms with Gasteiger partial charge in [0.05, 0.1) is 16.7 Å². The highest BCUT2D eigenvalue weighted by molar-refractivity contribution is 7.92. The molecule has 1 unspecified atom stereocenters. The first-order chi connectivity index (χ1) is 6.50. The molecule has 0 bridgehead atoms. The van der Waals surface area contributed by atoms with Crippen molar-refractivity contribution in [3.8, 4) is 6.07 Å². The van der Waals surface area contributed by atoms with Crippen molar-refractivity contribution in [2.75, 3.05) is 5.73 Å². The summed E-state index contributed by atoms with van der Waals surface area (Å²) in [5, 5.41) is 7.48. The summed E-state index contributed by atoms with van der Waals surface area (Å²) in [6.45, 7) is 1.34. The Kier molecular flexibility index (Phi) is 2.77. The summed E-state index contributed by atoms with van der Waals surface area (Å²) in [7, 11) is -3.61. The molecule has 5 heteroatoms. The lowest BCUT2D eigenvalue weighted by Gasteiger charge is -2.07. The molecule has 1 atom stereocenters. The molecule has 4 nitrogen and oxygen atoms in total. The normalized spacial score (nSPS) is 13.1. The number of nitrogens with two attached hydrogens (primary N) is 1. The van der Waals surface area contributed by atoms with E-state index < -0.39 is 15.1 Å². The van der Waals surface area contributed by atoms with Gasteiger partial charge < -0.3 is 5.73 Å². The van der Waals surface area contributed by atoms with Gasteiger partial charge in [0, 0.05) is 0 Å². The molecule has 14 heavy (non-hydrogen) atoms. The maximum absolute atomic E-state index is 11.7. The zero-order valence-electron chi connectivity index (χ0n) is 7.64. The Morgan fingerprint density at radius 2 is 2.00 bits per heavy atom. The molecule has 0 aliphatic carbocycles. The zero-order valence-corrected chi connectivity index (χ0v) is 8.45. The first-order valence-corrected chi connectivity index (χ1v) is 5.53. The van der Waals surface area contributed by atoms with Crippen molar-refractivity contribution < 1.29 is 8.42 Å². The van der Waals surface area contributed by atoms with Gasteiger partial charge in [-0.25, -0.2) is 8.42 Å². The number of benzene rings is 1. The predicted molar refractivity (Wildman–Crippen MR) is 53.1 cm³/mol. The average molecular weight is 210 g/mol. The van der Waals surface area contributed by atoms with Crippen LogP contribution in [0.1, 0.15) is 6.92 Å². The first kappa shape index (κ1) is 10.5. The molecule has 0 radical (unpaired) electrons. The molecule has 0 aromatic heterocycles. The van der Waals surface area contributed by atoms with Crippen LogP contribution >= 0.6 is 0 Å². The second-order valence-electron chi connectivity index (χ2n) is 2.85. The van der Waals surface area contributed by atoms with Gasteiger partial charge in [0.1, 0.15) is 5.25 Å². The Morgan fingerprint density at radius 1 is 1.43 bits per heavy atom. The van der Waals surface area contributed by atoms with E-state index in [9.17, 15) is 8.42 Å². The van der Waals surface area contributed by atoms with Gasteiger partial charge >= 0.3 is 0 Å². The number of nitrogens with zero attached hydrogens (tertiary/aromatic N) is 1. The Labute approximate surface area is 82.9 Å². The zero-order chi connectivity index (χ0) is 10.8. The van der Waals surface area contributed by atoms with Crippen LogP contribution in [0.3, 0.4) is 0 Å². The van der Waals surface area contributed by atoms with Crippen molar-refractivity contribution in [1.29, 1.82) is 5.26 Å². The Hall–Kier alpha value is -1.54. The van der Waals surface area contributed by atoms with E-state index in [2.05, 4.69) is 0 Å². The third kappa shape index (κ3) is 1.70. The van der Waals surface area contributed by atoms with E-state index in [1.54, 1.807) is 18.2 Å². The maximum atomic E-state index is 11.7. The fraction of sp³-hybridized carbons (Fsp3) is 0.222. The monoisotopic (exact) mass is 210 g/mol. The van der Waals surface area contributed by atoms with Gasteiger partial charge in [-0.1, -0.05) is 12.1 Å². The van der Waals surface area contributed by atoms with Crippen molar-refractivity contribution in [3.05, 3.63) is 24.3 Å². The molecular weight excluding hydrogens is 200 g/mol. The molecule has 2 N–H and O–H groups in total. The molecule has 0 aliphatic rings. The minimum atomic E-state index is -3.61. The molecule has 0 saturated carbocycles. The number of nitrogen functional groups attached to an aromatic ring is 1. The largest absolute Gasteiger partial charge is 0.398 e. The van der Waals surface area contributed by atoms with Crippen LogP contribution in [0, 0.1) is 11.3 Å². The molecule has 0 aliphatic heterocycles. The lowest BCUT2D eigenvalue weighted by Crippen LogP contribution is -2.17. The minimum Gasteiger partial charge on any atom is -0.398 e. The summed E-state index contributed by atoms with van der Waals surface area (Å²) in [4.78, 5) is 0.0223. The van der Waals surface area contributed by atoms with E-state index in [1.807, 2.05) is 0 Å². The quantitative estimate of drug-likeness (QED) is 0.737. The van der Waals surface area contributed by atoms with Crippen LogP contribution in [0.15, 0.2) is 29.2 Å². The number of sulfone groups is 1. The molecular formula is C9H10N2O2S. The molecule has 1 aromatic carbocycles. The molecule has 1 rings (SSSR count). The molecule has 0 spiro atoms. The third-order valence-corrected chi connectivity index (χ3v) is 3.89. The van der Waals surface area contributed by atoms with Crippen LogP contribution in [0.25, 0.3) is 0 Å². The predicted octanol–water partition coefficient (Wildman–Crippen LogP) is 0.955. The van der Waals surface area contributed by atoms with Crippen LogP contribution in [0.5, 0.6) is 0 Å². The average Bonchev–Trinajstić information content (AvgIpc) is 2.17. The lowest BCUT2D eigenvalue weighted by atomic mass is 10.3. The number of nitriles is 1. The molecule has 74 valence electrons. The molecule has 0 saturated heterocycles. The first-order valence-electron chi connectivity index (χ1n) is 3.98. The van der Waals surface area contributed by atoms with Crippen LogP contribution in [-0.2, 0) is 9.84 Å². The molecule has 0 amide bonds.